The van der Waals surface area contributed by atoms with Crippen LogP contribution in [0, 0.1) is 0 Å². The Morgan fingerprint density at radius 3 is 2.42 bits per heavy atom. The van der Waals surface area contributed by atoms with E-state index in [1.165, 1.54) is 6.92 Å². The molecule has 0 aromatic rings. The van der Waals surface area contributed by atoms with Gasteiger partial charge in [-0.15, -0.1) is 0 Å². The molecule has 1 saturated heterocycles. The van der Waals surface area contributed by atoms with Crippen molar-refractivity contribution in [3.05, 3.63) is 0 Å². The van der Waals surface area contributed by atoms with Crippen LogP contribution in [0.4, 0.5) is 0 Å². The molecule has 1 atom stereocenters. The van der Waals surface area contributed by atoms with Crippen LogP contribution >= 0.6 is 0 Å². The topological polar surface area (TPSA) is 77.8 Å². The Morgan fingerprint density at radius 2 is 2.08 bits per heavy atom. The predicted molar refractivity (Wildman–Crippen MR) is 39.2 cm³/mol. The van der Waals surface area contributed by atoms with Gasteiger partial charge >= 0.3 is 5.97 Å². The summed E-state index contributed by atoms with van der Waals surface area (Å²) in [6, 6.07) is 0. The molecule has 0 aromatic carbocycles. The molecular formula is C7H11NO4. The summed E-state index contributed by atoms with van der Waals surface area (Å²) < 4.78 is 0. The number of aliphatic carboxylic acids is 1. The lowest BCUT2D eigenvalue weighted by molar-refractivity contribution is -0.181. The zero-order chi connectivity index (χ0) is 9.35. The molecule has 0 saturated carbocycles. The lowest BCUT2D eigenvalue weighted by atomic mass is 10.1. The van der Waals surface area contributed by atoms with Crippen molar-refractivity contribution >= 4 is 11.9 Å². The largest absolute Gasteiger partial charge is 0.478 e. The van der Waals surface area contributed by atoms with Crippen molar-refractivity contribution in [2.75, 3.05) is 6.54 Å². The molecule has 5 heteroatoms. The third-order valence-electron chi connectivity index (χ3n) is 2.08. The van der Waals surface area contributed by atoms with Gasteiger partial charge in [-0.3, -0.25) is 4.79 Å². The normalized spacial score (nSPS) is 29.0. The number of carbonyl (C=O) groups excluding carboxylic acids is 1. The number of rotatable bonds is 1. The van der Waals surface area contributed by atoms with Gasteiger partial charge in [-0.05, 0) is 6.42 Å². The summed E-state index contributed by atoms with van der Waals surface area (Å²) in [6.07, 6.45) is 0.643. The molecule has 1 rings (SSSR count). The third kappa shape index (κ3) is 1.16. The van der Waals surface area contributed by atoms with E-state index < -0.39 is 17.6 Å². The first kappa shape index (κ1) is 8.99. The van der Waals surface area contributed by atoms with E-state index in [1.54, 1.807) is 0 Å². The highest BCUT2D eigenvalue weighted by molar-refractivity contribution is 5.85. The standard InChI is InChI=1S/C7H11NO4/c1-5(9)8-4-2-3-7(8,12)6(10)11/h12H,2-4H2,1H3,(H,10,11). The minimum absolute atomic E-state index is 0.113. The van der Waals surface area contributed by atoms with Gasteiger partial charge in [0.15, 0.2) is 0 Å². The molecule has 1 heterocycles. The SMILES string of the molecule is CC(=O)N1CCCC1(O)C(=O)O. The van der Waals surface area contributed by atoms with Gasteiger partial charge in [0.25, 0.3) is 0 Å². The maximum absolute atomic E-state index is 10.9. The summed E-state index contributed by atoms with van der Waals surface area (Å²) in [5.74, 6) is -1.76. The maximum Gasteiger partial charge on any atom is 0.357 e. The van der Waals surface area contributed by atoms with Gasteiger partial charge in [0.05, 0.1) is 0 Å². The van der Waals surface area contributed by atoms with Crippen molar-refractivity contribution in [2.24, 2.45) is 0 Å². The molecule has 0 bridgehead atoms. The van der Waals surface area contributed by atoms with E-state index in [2.05, 4.69) is 0 Å². The fourth-order valence-corrected chi connectivity index (χ4v) is 1.44. The molecule has 12 heavy (non-hydrogen) atoms. The van der Waals surface area contributed by atoms with E-state index in [-0.39, 0.29) is 6.42 Å². The van der Waals surface area contributed by atoms with Crippen LogP contribution in [-0.2, 0) is 9.59 Å². The van der Waals surface area contributed by atoms with E-state index in [0.29, 0.717) is 13.0 Å². The number of carboxylic acids is 1. The lowest BCUT2D eigenvalue weighted by Gasteiger charge is -2.28. The number of hydrogen-bond donors (Lipinski definition) is 2. The lowest BCUT2D eigenvalue weighted by Crippen LogP contribution is -2.52. The number of amides is 1. The first-order valence-electron chi connectivity index (χ1n) is 3.72. The van der Waals surface area contributed by atoms with E-state index >= 15 is 0 Å². The van der Waals surface area contributed by atoms with Gasteiger partial charge < -0.3 is 15.1 Å². The quantitative estimate of drug-likeness (QED) is 0.555. The second kappa shape index (κ2) is 2.75. The van der Waals surface area contributed by atoms with Crippen LogP contribution in [0.5, 0.6) is 0 Å². The van der Waals surface area contributed by atoms with Gasteiger partial charge in [-0.2, -0.15) is 0 Å². The minimum atomic E-state index is -1.97. The molecule has 68 valence electrons. The Bertz CT molecular complexity index is 227. The maximum atomic E-state index is 10.9. The predicted octanol–water partition coefficient (Wildman–Crippen LogP) is -0.598. The van der Waals surface area contributed by atoms with Crippen LogP contribution in [0.3, 0.4) is 0 Å². The Kier molecular flexibility index (Phi) is 2.06. The average Bonchev–Trinajstić information content (AvgIpc) is 2.32. The molecule has 1 fully saturated rings. The monoisotopic (exact) mass is 173 g/mol. The zero-order valence-corrected chi connectivity index (χ0v) is 6.78. The molecule has 5 nitrogen and oxygen atoms in total. The van der Waals surface area contributed by atoms with Crippen LogP contribution in [0.25, 0.3) is 0 Å². The van der Waals surface area contributed by atoms with Crippen molar-refractivity contribution in [2.45, 2.75) is 25.5 Å². The highest BCUT2D eigenvalue weighted by Gasteiger charge is 2.47. The molecule has 0 spiro atoms. The minimum Gasteiger partial charge on any atom is -0.478 e. The van der Waals surface area contributed by atoms with Crippen LogP contribution in [0.1, 0.15) is 19.8 Å². The van der Waals surface area contributed by atoms with Gasteiger partial charge in [0.2, 0.25) is 11.6 Å². The first-order valence-corrected chi connectivity index (χ1v) is 3.72. The first-order chi connectivity index (χ1) is 5.48. The van der Waals surface area contributed by atoms with Gasteiger partial charge in [-0.1, -0.05) is 0 Å². The molecule has 2 N–H and O–H groups in total. The highest BCUT2D eigenvalue weighted by atomic mass is 16.4. The third-order valence-corrected chi connectivity index (χ3v) is 2.08. The fourth-order valence-electron chi connectivity index (χ4n) is 1.44. The van der Waals surface area contributed by atoms with Crippen molar-refractivity contribution in [1.82, 2.24) is 4.90 Å². The second-order valence-corrected chi connectivity index (χ2v) is 2.90. The van der Waals surface area contributed by atoms with E-state index in [9.17, 15) is 14.7 Å². The second-order valence-electron chi connectivity index (χ2n) is 2.90. The van der Waals surface area contributed by atoms with Crippen LogP contribution in [0.15, 0.2) is 0 Å². The van der Waals surface area contributed by atoms with Crippen molar-refractivity contribution < 1.29 is 19.8 Å². The highest BCUT2D eigenvalue weighted by Crippen LogP contribution is 2.26. The summed E-state index contributed by atoms with van der Waals surface area (Å²) in [7, 11) is 0. The molecule has 0 aromatic heterocycles. The average molecular weight is 173 g/mol. The molecule has 1 amide bonds. The Labute approximate surface area is 69.6 Å². The molecule has 1 aliphatic heterocycles. The summed E-state index contributed by atoms with van der Waals surface area (Å²) in [5, 5.41) is 18.2. The van der Waals surface area contributed by atoms with Gasteiger partial charge in [0.1, 0.15) is 0 Å². The molecule has 0 aliphatic carbocycles. The van der Waals surface area contributed by atoms with Crippen LogP contribution < -0.4 is 0 Å². The molecule has 1 aliphatic rings. The van der Waals surface area contributed by atoms with Crippen LogP contribution in [-0.4, -0.2) is 39.3 Å². The van der Waals surface area contributed by atoms with E-state index in [4.69, 9.17) is 5.11 Å². The number of carbonyl (C=O) groups is 2. The summed E-state index contributed by atoms with van der Waals surface area (Å²) in [4.78, 5) is 22.4. The number of nitrogens with zero attached hydrogens (tertiary/aromatic N) is 1. The molecular weight excluding hydrogens is 162 g/mol. The summed E-state index contributed by atoms with van der Waals surface area (Å²) in [5.41, 5.74) is -1.97. The number of likely N-dealkylation sites (tertiary alicyclic amines) is 1. The smallest absolute Gasteiger partial charge is 0.357 e. The van der Waals surface area contributed by atoms with Crippen LogP contribution in [0.2, 0.25) is 0 Å². The zero-order valence-electron chi connectivity index (χ0n) is 6.78. The Morgan fingerprint density at radius 1 is 1.50 bits per heavy atom. The Hall–Kier alpha value is -1.10. The summed E-state index contributed by atoms with van der Waals surface area (Å²) in [6.45, 7) is 1.57. The Balaban J connectivity index is 2.89. The van der Waals surface area contributed by atoms with E-state index in [1.807, 2.05) is 0 Å². The number of hydrogen-bond acceptors (Lipinski definition) is 3. The van der Waals surface area contributed by atoms with Gasteiger partial charge in [0, 0.05) is 19.9 Å². The molecule has 0 radical (unpaired) electrons. The van der Waals surface area contributed by atoms with Crippen molar-refractivity contribution in [3.63, 3.8) is 0 Å². The fraction of sp³-hybridized carbons (Fsp3) is 0.714. The molecule has 1 unspecified atom stereocenters. The van der Waals surface area contributed by atoms with E-state index in [0.717, 1.165) is 4.90 Å². The van der Waals surface area contributed by atoms with Crippen molar-refractivity contribution in [3.8, 4) is 0 Å². The number of carboxylic acid groups (broad SMARTS) is 1. The van der Waals surface area contributed by atoms with Crippen molar-refractivity contribution in [1.29, 1.82) is 0 Å². The number of aliphatic hydroxyl groups is 1. The summed E-state index contributed by atoms with van der Waals surface area (Å²) >= 11 is 0. The van der Waals surface area contributed by atoms with Gasteiger partial charge in [-0.25, -0.2) is 4.79 Å².